The predicted octanol–water partition coefficient (Wildman–Crippen LogP) is 3.76. The Labute approximate surface area is 95.3 Å². The Balaban J connectivity index is 2.60. The number of nitrogens with one attached hydrogen (secondary N) is 1. The standard InChI is InChI=1S/C14H27N/c1-5-11-15-13(6-2)12-9-7-8-10-14(12,3)4/h6,12-13,15H,2,5,7-11H2,1,3-4H3. The highest BCUT2D eigenvalue weighted by molar-refractivity contribution is 4.98. The van der Waals surface area contributed by atoms with Crippen LogP contribution in [0.3, 0.4) is 0 Å². The first-order chi connectivity index (χ1) is 7.11. The lowest BCUT2D eigenvalue weighted by Crippen LogP contribution is -2.43. The summed E-state index contributed by atoms with van der Waals surface area (Å²) in [7, 11) is 0. The molecule has 1 N–H and O–H groups in total. The molecule has 0 aliphatic heterocycles. The van der Waals surface area contributed by atoms with Crippen molar-refractivity contribution in [2.45, 2.75) is 58.9 Å². The van der Waals surface area contributed by atoms with Crippen LogP contribution in [0.2, 0.25) is 0 Å². The van der Waals surface area contributed by atoms with Crippen LogP contribution in [0.5, 0.6) is 0 Å². The molecule has 88 valence electrons. The molecule has 0 radical (unpaired) electrons. The molecule has 1 saturated carbocycles. The van der Waals surface area contributed by atoms with E-state index in [1.807, 2.05) is 0 Å². The zero-order valence-electron chi connectivity index (χ0n) is 10.7. The Kier molecular flexibility index (Phi) is 4.85. The summed E-state index contributed by atoms with van der Waals surface area (Å²) in [6.45, 7) is 12.2. The summed E-state index contributed by atoms with van der Waals surface area (Å²) in [5, 5.41) is 3.63. The second-order valence-electron chi connectivity index (χ2n) is 5.56. The Bertz CT molecular complexity index is 196. The minimum absolute atomic E-state index is 0.484. The van der Waals surface area contributed by atoms with E-state index in [4.69, 9.17) is 0 Å². The lowest BCUT2D eigenvalue weighted by molar-refractivity contribution is 0.114. The van der Waals surface area contributed by atoms with Crippen LogP contribution in [0.15, 0.2) is 12.7 Å². The summed E-state index contributed by atoms with van der Waals surface area (Å²) in [6, 6.07) is 0.514. The molecule has 0 aromatic rings. The molecule has 0 heterocycles. The van der Waals surface area contributed by atoms with Crippen molar-refractivity contribution in [2.24, 2.45) is 11.3 Å². The Morgan fingerprint density at radius 2 is 2.20 bits per heavy atom. The average Bonchev–Trinajstić information content (AvgIpc) is 2.20. The van der Waals surface area contributed by atoms with Gasteiger partial charge >= 0.3 is 0 Å². The van der Waals surface area contributed by atoms with Gasteiger partial charge in [0.15, 0.2) is 0 Å². The van der Waals surface area contributed by atoms with E-state index >= 15 is 0 Å². The van der Waals surface area contributed by atoms with E-state index in [1.165, 1.54) is 32.1 Å². The fraction of sp³-hybridized carbons (Fsp3) is 0.857. The highest BCUT2D eigenvalue weighted by Crippen LogP contribution is 2.42. The molecule has 1 aliphatic rings. The average molecular weight is 209 g/mol. The zero-order valence-corrected chi connectivity index (χ0v) is 10.7. The molecule has 2 unspecified atom stereocenters. The first kappa shape index (κ1) is 12.8. The largest absolute Gasteiger partial charge is 0.310 e. The van der Waals surface area contributed by atoms with Gasteiger partial charge in [-0.05, 0) is 37.1 Å². The maximum absolute atomic E-state index is 3.99. The van der Waals surface area contributed by atoms with E-state index < -0.39 is 0 Å². The van der Waals surface area contributed by atoms with Crippen molar-refractivity contribution in [2.75, 3.05) is 6.54 Å². The Morgan fingerprint density at radius 1 is 1.47 bits per heavy atom. The van der Waals surface area contributed by atoms with Crippen molar-refractivity contribution in [3.8, 4) is 0 Å². The van der Waals surface area contributed by atoms with Gasteiger partial charge in [0.05, 0.1) is 0 Å². The van der Waals surface area contributed by atoms with Gasteiger partial charge in [-0.2, -0.15) is 0 Å². The summed E-state index contributed by atoms with van der Waals surface area (Å²) in [5.74, 6) is 0.773. The molecule has 1 nitrogen and oxygen atoms in total. The van der Waals surface area contributed by atoms with E-state index in [0.717, 1.165) is 12.5 Å². The van der Waals surface area contributed by atoms with Crippen molar-refractivity contribution in [3.05, 3.63) is 12.7 Å². The Morgan fingerprint density at radius 3 is 2.73 bits per heavy atom. The summed E-state index contributed by atoms with van der Waals surface area (Å²) >= 11 is 0. The van der Waals surface area contributed by atoms with Crippen LogP contribution >= 0.6 is 0 Å². The van der Waals surface area contributed by atoms with E-state index in [-0.39, 0.29) is 0 Å². The van der Waals surface area contributed by atoms with Crippen LogP contribution in [-0.4, -0.2) is 12.6 Å². The third-order valence-electron chi connectivity index (χ3n) is 3.91. The fourth-order valence-electron chi connectivity index (χ4n) is 2.89. The maximum Gasteiger partial charge on any atom is 0.0280 e. The van der Waals surface area contributed by atoms with Gasteiger partial charge in [-0.25, -0.2) is 0 Å². The van der Waals surface area contributed by atoms with Gasteiger partial charge < -0.3 is 5.32 Å². The molecule has 1 heteroatoms. The van der Waals surface area contributed by atoms with Gasteiger partial charge in [-0.1, -0.05) is 39.7 Å². The highest BCUT2D eigenvalue weighted by Gasteiger charge is 2.35. The van der Waals surface area contributed by atoms with Crippen molar-refractivity contribution >= 4 is 0 Å². The molecule has 0 aromatic heterocycles. The Hall–Kier alpha value is -0.300. The maximum atomic E-state index is 3.99. The van der Waals surface area contributed by atoms with Gasteiger partial charge in [0, 0.05) is 6.04 Å². The molecule has 1 rings (SSSR count). The molecule has 1 fully saturated rings. The number of hydrogen-bond acceptors (Lipinski definition) is 1. The van der Waals surface area contributed by atoms with Crippen LogP contribution in [0, 0.1) is 11.3 Å². The summed E-state index contributed by atoms with van der Waals surface area (Å²) in [6.07, 6.45) is 8.86. The van der Waals surface area contributed by atoms with Gasteiger partial charge in [0.2, 0.25) is 0 Å². The van der Waals surface area contributed by atoms with Crippen molar-refractivity contribution in [3.63, 3.8) is 0 Å². The number of rotatable bonds is 5. The first-order valence-electron chi connectivity index (χ1n) is 6.47. The van der Waals surface area contributed by atoms with Gasteiger partial charge in [0.25, 0.3) is 0 Å². The van der Waals surface area contributed by atoms with E-state index in [1.54, 1.807) is 0 Å². The highest BCUT2D eigenvalue weighted by atomic mass is 14.9. The molecule has 0 spiro atoms. The van der Waals surface area contributed by atoms with Crippen molar-refractivity contribution in [1.29, 1.82) is 0 Å². The molecular formula is C14H27N. The van der Waals surface area contributed by atoms with Gasteiger partial charge in [0.1, 0.15) is 0 Å². The number of hydrogen-bond donors (Lipinski definition) is 1. The summed E-state index contributed by atoms with van der Waals surface area (Å²) in [4.78, 5) is 0. The second kappa shape index (κ2) is 5.69. The third-order valence-corrected chi connectivity index (χ3v) is 3.91. The minimum atomic E-state index is 0.484. The van der Waals surface area contributed by atoms with Crippen LogP contribution in [-0.2, 0) is 0 Å². The van der Waals surface area contributed by atoms with Crippen LogP contribution in [0.1, 0.15) is 52.9 Å². The summed E-state index contributed by atoms with van der Waals surface area (Å²) in [5.41, 5.74) is 0.484. The molecule has 0 saturated heterocycles. The minimum Gasteiger partial charge on any atom is -0.310 e. The van der Waals surface area contributed by atoms with E-state index in [9.17, 15) is 0 Å². The predicted molar refractivity (Wildman–Crippen MR) is 68.0 cm³/mol. The van der Waals surface area contributed by atoms with Crippen LogP contribution < -0.4 is 5.32 Å². The van der Waals surface area contributed by atoms with E-state index in [2.05, 4.69) is 38.7 Å². The van der Waals surface area contributed by atoms with Gasteiger partial charge in [-0.15, -0.1) is 6.58 Å². The first-order valence-corrected chi connectivity index (χ1v) is 6.47. The molecule has 1 aliphatic carbocycles. The normalized spacial score (nSPS) is 27.3. The SMILES string of the molecule is C=CC(NCCC)C1CCCCC1(C)C. The molecule has 0 amide bonds. The lowest BCUT2D eigenvalue weighted by atomic mass is 9.66. The van der Waals surface area contributed by atoms with Crippen LogP contribution in [0.4, 0.5) is 0 Å². The summed E-state index contributed by atoms with van der Waals surface area (Å²) < 4.78 is 0. The topological polar surface area (TPSA) is 12.0 Å². The van der Waals surface area contributed by atoms with Crippen LogP contribution in [0.25, 0.3) is 0 Å². The lowest BCUT2D eigenvalue weighted by Gasteiger charge is -2.42. The molecule has 0 bridgehead atoms. The van der Waals surface area contributed by atoms with Crippen molar-refractivity contribution < 1.29 is 0 Å². The third kappa shape index (κ3) is 3.34. The fourth-order valence-corrected chi connectivity index (χ4v) is 2.89. The monoisotopic (exact) mass is 209 g/mol. The second-order valence-corrected chi connectivity index (χ2v) is 5.56. The van der Waals surface area contributed by atoms with Gasteiger partial charge in [-0.3, -0.25) is 0 Å². The zero-order chi connectivity index (χ0) is 11.3. The molecule has 2 atom stereocenters. The molecule has 15 heavy (non-hydrogen) atoms. The van der Waals surface area contributed by atoms with E-state index in [0.29, 0.717) is 11.5 Å². The quantitative estimate of drug-likeness (QED) is 0.680. The van der Waals surface area contributed by atoms with Crippen molar-refractivity contribution in [1.82, 2.24) is 5.32 Å². The smallest absolute Gasteiger partial charge is 0.0280 e. The molecular weight excluding hydrogens is 182 g/mol. The molecule has 0 aromatic carbocycles.